The van der Waals surface area contributed by atoms with E-state index in [1.807, 2.05) is 29.0 Å². The molecule has 32 heavy (non-hydrogen) atoms. The maximum Gasteiger partial charge on any atom is 0.271 e. The molecule has 2 aliphatic heterocycles. The molecule has 0 spiro atoms. The number of benzene rings is 1. The van der Waals surface area contributed by atoms with Crippen LogP contribution in [-0.4, -0.2) is 58.4 Å². The van der Waals surface area contributed by atoms with Crippen molar-refractivity contribution in [3.63, 3.8) is 0 Å². The van der Waals surface area contributed by atoms with Crippen molar-refractivity contribution in [3.05, 3.63) is 59.7 Å². The van der Waals surface area contributed by atoms with E-state index in [0.29, 0.717) is 31.2 Å². The zero-order valence-electron chi connectivity index (χ0n) is 19.0. The summed E-state index contributed by atoms with van der Waals surface area (Å²) in [7, 11) is 0. The van der Waals surface area contributed by atoms with Gasteiger partial charge in [-0.2, -0.15) is 0 Å². The molecule has 0 bridgehead atoms. The van der Waals surface area contributed by atoms with E-state index in [9.17, 15) is 14.0 Å². The molecular formula is C25H33FN4O2. The number of fused-ring (bicyclic) bond motifs is 1. The molecule has 7 heteroatoms. The first-order chi connectivity index (χ1) is 15.4. The van der Waals surface area contributed by atoms with Gasteiger partial charge in [0.25, 0.3) is 5.91 Å². The molecule has 2 aromatic rings. The summed E-state index contributed by atoms with van der Waals surface area (Å²) in [5.74, 6) is 0.377. The smallest absolute Gasteiger partial charge is 0.271 e. The third-order valence-corrected chi connectivity index (χ3v) is 6.49. The summed E-state index contributed by atoms with van der Waals surface area (Å²) < 4.78 is 15.3. The molecule has 0 aliphatic carbocycles. The monoisotopic (exact) mass is 440 g/mol. The summed E-state index contributed by atoms with van der Waals surface area (Å²) in [6, 6.07) is 9.98. The first-order valence-electron chi connectivity index (χ1n) is 11.6. The number of piperidine rings is 1. The van der Waals surface area contributed by atoms with Gasteiger partial charge in [-0.1, -0.05) is 26.0 Å². The molecule has 1 atom stereocenters. The number of rotatable bonds is 7. The fourth-order valence-corrected chi connectivity index (χ4v) is 4.77. The number of aromatic nitrogens is 1. The summed E-state index contributed by atoms with van der Waals surface area (Å²) in [6.07, 6.45) is 3.86. The Hall–Kier alpha value is -2.67. The zero-order chi connectivity index (χ0) is 22.7. The van der Waals surface area contributed by atoms with Crippen LogP contribution in [0, 0.1) is 17.7 Å². The minimum absolute atomic E-state index is 0.0687. The molecule has 1 aromatic heterocycles. The maximum absolute atomic E-state index is 13.4. The van der Waals surface area contributed by atoms with Crippen LogP contribution in [0.1, 0.15) is 42.7 Å². The van der Waals surface area contributed by atoms with Gasteiger partial charge in [0.2, 0.25) is 5.91 Å². The van der Waals surface area contributed by atoms with Crippen molar-refractivity contribution in [1.29, 1.82) is 0 Å². The van der Waals surface area contributed by atoms with Gasteiger partial charge in [0, 0.05) is 25.8 Å². The van der Waals surface area contributed by atoms with Crippen LogP contribution in [-0.2, 0) is 17.9 Å². The predicted molar refractivity (Wildman–Crippen MR) is 122 cm³/mol. The molecule has 1 fully saturated rings. The summed E-state index contributed by atoms with van der Waals surface area (Å²) in [5, 5.41) is 3.13. The summed E-state index contributed by atoms with van der Waals surface area (Å²) in [6.45, 7) is 8.45. The molecule has 1 aromatic carbocycles. The van der Waals surface area contributed by atoms with Crippen LogP contribution in [0.5, 0.6) is 0 Å². The molecular weight excluding hydrogens is 407 g/mol. The van der Waals surface area contributed by atoms with E-state index in [1.54, 1.807) is 17.0 Å². The zero-order valence-corrected chi connectivity index (χ0v) is 19.0. The molecule has 1 unspecified atom stereocenters. The molecule has 4 rings (SSSR count). The van der Waals surface area contributed by atoms with E-state index < -0.39 is 6.04 Å². The number of nitrogens with zero attached hydrogens (tertiary/aromatic N) is 3. The van der Waals surface area contributed by atoms with Gasteiger partial charge in [-0.15, -0.1) is 0 Å². The molecule has 0 saturated carbocycles. The van der Waals surface area contributed by atoms with Crippen LogP contribution in [0.25, 0.3) is 0 Å². The maximum atomic E-state index is 13.4. The van der Waals surface area contributed by atoms with Gasteiger partial charge in [0.05, 0.1) is 6.54 Å². The lowest BCUT2D eigenvalue weighted by Crippen LogP contribution is -2.56. The molecule has 0 radical (unpaired) electrons. The molecule has 2 amide bonds. The van der Waals surface area contributed by atoms with Gasteiger partial charge in [-0.25, -0.2) is 4.39 Å². The van der Waals surface area contributed by atoms with E-state index in [0.717, 1.165) is 38.0 Å². The first kappa shape index (κ1) is 22.5. The van der Waals surface area contributed by atoms with Crippen molar-refractivity contribution < 1.29 is 14.0 Å². The number of amides is 2. The van der Waals surface area contributed by atoms with E-state index in [4.69, 9.17) is 0 Å². The lowest BCUT2D eigenvalue weighted by Gasteiger charge is -2.37. The van der Waals surface area contributed by atoms with Crippen LogP contribution in [0.2, 0.25) is 0 Å². The highest BCUT2D eigenvalue weighted by molar-refractivity contribution is 5.97. The summed E-state index contributed by atoms with van der Waals surface area (Å²) >= 11 is 0. The standard InChI is InChI=1S/C25H33FN4O2/c1-18(2)15-30-23(17-29-10-4-7-22(29)25(30)32)24(31)27-14-19-8-11-28(12-9-19)16-20-5-3-6-21(26)13-20/h3-7,10,13,18-19,23H,8-9,11-12,14-17H2,1-2H3,(H,27,31). The molecule has 3 heterocycles. The lowest BCUT2D eigenvalue weighted by atomic mass is 9.96. The van der Waals surface area contributed by atoms with Gasteiger partial charge in [0.1, 0.15) is 17.6 Å². The number of carbonyl (C=O) groups excluding carboxylic acids is 2. The SMILES string of the molecule is CC(C)CN1C(=O)c2cccn2CC1C(=O)NCC1CCN(Cc2cccc(F)c2)CC1. The average Bonchev–Trinajstić information content (AvgIpc) is 3.24. The number of hydrogen-bond acceptors (Lipinski definition) is 3. The van der Waals surface area contributed by atoms with Crippen molar-refractivity contribution in [2.24, 2.45) is 11.8 Å². The fraction of sp³-hybridized carbons (Fsp3) is 0.520. The number of carbonyl (C=O) groups is 2. The van der Waals surface area contributed by atoms with Gasteiger partial charge in [0.15, 0.2) is 0 Å². The lowest BCUT2D eigenvalue weighted by molar-refractivity contribution is -0.127. The molecule has 6 nitrogen and oxygen atoms in total. The van der Waals surface area contributed by atoms with Crippen LogP contribution in [0.15, 0.2) is 42.6 Å². The van der Waals surface area contributed by atoms with Gasteiger partial charge < -0.3 is 14.8 Å². The Balaban J connectivity index is 1.29. The van der Waals surface area contributed by atoms with E-state index in [1.165, 1.54) is 6.07 Å². The number of nitrogens with one attached hydrogen (secondary N) is 1. The molecule has 2 aliphatic rings. The third kappa shape index (κ3) is 5.21. The molecule has 1 N–H and O–H groups in total. The number of hydrogen-bond donors (Lipinski definition) is 1. The van der Waals surface area contributed by atoms with Crippen molar-refractivity contribution in [2.45, 2.75) is 45.8 Å². The van der Waals surface area contributed by atoms with Gasteiger partial charge >= 0.3 is 0 Å². The number of likely N-dealkylation sites (tertiary alicyclic amines) is 1. The van der Waals surface area contributed by atoms with Crippen molar-refractivity contribution >= 4 is 11.8 Å². The Morgan fingerprint density at radius 3 is 2.69 bits per heavy atom. The van der Waals surface area contributed by atoms with Crippen LogP contribution in [0.3, 0.4) is 0 Å². The average molecular weight is 441 g/mol. The fourth-order valence-electron chi connectivity index (χ4n) is 4.77. The van der Waals surface area contributed by atoms with E-state index >= 15 is 0 Å². The first-order valence-corrected chi connectivity index (χ1v) is 11.6. The van der Waals surface area contributed by atoms with Gasteiger partial charge in [-0.05, 0) is 67.6 Å². The third-order valence-electron chi connectivity index (χ3n) is 6.49. The minimum atomic E-state index is -0.474. The second kappa shape index (κ2) is 9.86. The normalized spacial score (nSPS) is 19.9. The Bertz CT molecular complexity index is 949. The van der Waals surface area contributed by atoms with Crippen molar-refractivity contribution in [2.75, 3.05) is 26.2 Å². The van der Waals surface area contributed by atoms with E-state index in [2.05, 4.69) is 24.1 Å². The molecule has 1 saturated heterocycles. The Morgan fingerprint density at radius 2 is 1.97 bits per heavy atom. The Kier molecular flexibility index (Phi) is 6.94. The van der Waals surface area contributed by atoms with Crippen molar-refractivity contribution in [3.8, 4) is 0 Å². The topological polar surface area (TPSA) is 57.6 Å². The Labute approximate surface area is 189 Å². The summed E-state index contributed by atoms with van der Waals surface area (Å²) in [4.78, 5) is 30.1. The minimum Gasteiger partial charge on any atom is -0.354 e. The van der Waals surface area contributed by atoms with E-state index in [-0.39, 0.29) is 23.5 Å². The highest BCUT2D eigenvalue weighted by Crippen LogP contribution is 2.22. The van der Waals surface area contributed by atoms with Gasteiger partial charge in [-0.3, -0.25) is 14.5 Å². The van der Waals surface area contributed by atoms with Crippen LogP contribution in [0.4, 0.5) is 4.39 Å². The number of halogens is 1. The second-order valence-electron chi connectivity index (χ2n) is 9.51. The predicted octanol–water partition coefficient (Wildman–Crippen LogP) is 3.14. The quantitative estimate of drug-likeness (QED) is 0.720. The largest absolute Gasteiger partial charge is 0.354 e. The molecule has 172 valence electrons. The van der Waals surface area contributed by atoms with Crippen LogP contribution >= 0.6 is 0 Å². The van der Waals surface area contributed by atoms with Crippen LogP contribution < -0.4 is 5.32 Å². The van der Waals surface area contributed by atoms with Crippen molar-refractivity contribution in [1.82, 2.24) is 19.7 Å². The summed E-state index contributed by atoms with van der Waals surface area (Å²) in [5.41, 5.74) is 1.65. The second-order valence-corrected chi connectivity index (χ2v) is 9.51. The highest BCUT2D eigenvalue weighted by atomic mass is 19.1. The highest BCUT2D eigenvalue weighted by Gasteiger charge is 2.36. The Morgan fingerprint density at radius 1 is 1.19 bits per heavy atom.